The first-order valence-corrected chi connectivity index (χ1v) is 6.72. The molecule has 1 aromatic carbocycles. The second-order valence-electron chi connectivity index (χ2n) is 3.66. The van der Waals surface area contributed by atoms with Gasteiger partial charge in [0.15, 0.2) is 5.78 Å². The summed E-state index contributed by atoms with van der Waals surface area (Å²) in [5.41, 5.74) is 1.63. The standard InChI is InChI=1S/C11H14O2S/c1-9-5-4-6-10(7-9)11(12)8-14(2,3)13/h4-8H,1-3H3. The van der Waals surface area contributed by atoms with Crippen LogP contribution in [0.15, 0.2) is 24.3 Å². The normalized spacial score (nSPS) is 11.1. The van der Waals surface area contributed by atoms with E-state index in [-0.39, 0.29) is 5.78 Å². The SMILES string of the molecule is Cc1cccc(C(=O)C=S(C)(C)=O)c1. The lowest BCUT2D eigenvalue weighted by atomic mass is 10.1. The molecule has 0 saturated heterocycles. The highest BCUT2D eigenvalue weighted by Crippen LogP contribution is 2.04. The van der Waals surface area contributed by atoms with E-state index in [1.807, 2.05) is 19.1 Å². The van der Waals surface area contributed by atoms with E-state index < -0.39 is 9.52 Å². The molecule has 0 heterocycles. The third-order valence-electron chi connectivity index (χ3n) is 1.69. The van der Waals surface area contributed by atoms with Crippen LogP contribution in [0.2, 0.25) is 0 Å². The van der Waals surface area contributed by atoms with Gasteiger partial charge in [0, 0.05) is 23.4 Å². The molecule has 0 amide bonds. The van der Waals surface area contributed by atoms with Crippen LogP contribution >= 0.6 is 0 Å². The Labute approximate surface area is 85.0 Å². The molecule has 0 unspecified atom stereocenters. The summed E-state index contributed by atoms with van der Waals surface area (Å²) in [6.07, 6.45) is 3.11. The lowest BCUT2D eigenvalue weighted by Gasteiger charge is -1.98. The van der Waals surface area contributed by atoms with Crippen LogP contribution in [-0.2, 0) is 9.52 Å². The van der Waals surface area contributed by atoms with Crippen LogP contribution in [0, 0.1) is 6.92 Å². The molecule has 2 nitrogen and oxygen atoms in total. The molecule has 0 aliphatic heterocycles. The van der Waals surface area contributed by atoms with Crippen molar-refractivity contribution in [2.45, 2.75) is 6.92 Å². The minimum Gasteiger partial charge on any atom is -0.289 e. The van der Waals surface area contributed by atoms with E-state index in [2.05, 4.69) is 0 Å². The summed E-state index contributed by atoms with van der Waals surface area (Å²) in [6, 6.07) is 7.27. The average Bonchev–Trinajstić information content (AvgIpc) is 2.01. The number of hydrogen-bond donors (Lipinski definition) is 0. The van der Waals surface area contributed by atoms with Gasteiger partial charge in [-0.1, -0.05) is 23.8 Å². The van der Waals surface area contributed by atoms with Gasteiger partial charge in [0.2, 0.25) is 0 Å². The van der Waals surface area contributed by atoms with Gasteiger partial charge in [-0.25, -0.2) is 0 Å². The predicted octanol–water partition coefficient (Wildman–Crippen LogP) is 1.52. The molecule has 0 fully saturated rings. The molecule has 0 bridgehead atoms. The van der Waals surface area contributed by atoms with Crippen molar-refractivity contribution < 1.29 is 9.00 Å². The summed E-state index contributed by atoms with van der Waals surface area (Å²) in [6.45, 7) is 1.92. The van der Waals surface area contributed by atoms with Crippen molar-refractivity contribution in [3.8, 4) is 0 Å². The van der Waals surface area contributed by atoms with Gasteiger partial charge in [-0.2, -0.15) is 0 Å². The zero-order valence-corrected chi connectivity index (χ0v) is 9.43. The molecular weight excluding hydrogens is 196 g/mol. The largest absolute Gasteiger partial charge is 0.289 e. The molecule has 0 spiro atoms. The highest BCUT2D eigenvalue weighted by atomic mass is 32.2. The van der Waals surface area contributed by atoms with Crippen molar-refractivity contribution in [3.63, 3.8) is 0 Å². The van der Waals surface area contributed by atoms with E-state index in [1.165, 1.54) is 5.37 Å². The van der Waals surface area contributed by atoms with Crippen LogP contribution in [-0.4, -0.2) is 27.9 Å². The fraction of sp³-hybridized carbons (Fsp3) is 0.273. The topological polar surface area (TPSA) is 34.1 Å². The maximum absolute atomic E-state index is 11.6. The van der Waals surface area contributed by atoms with Crippen molar-refractivity contribution in [2.75, 3.05) is 12.5 Å². The molecule has 76 valence electrons. The molecular formula is C11H14O2S. The summed E-state index contributed by atoms with van der Waals surface area (Å²) >= 11 is 0. The van der Waals surface area contributed by atoms with Crippen LogP contribution in [0.5, 0.6) is 0 Å². The lowest BCUT2D eigenvalue weighted by Crippen LogP contribution is -2.08. The Balaban J connectivity index is 3.09. The Morgan fingerprint density at radius 2 is 2.00 bits per heavy atom. The number of Topliss-reactive ketones (excluding diaryl/α,β-unsaturated/α-hetero) is 1. The molecule has 1 aromatic rings. The third-order valence-corrected chi connectivity index (χ3v) is 2.48. The van der Waals surface area contributed by atoms with Crippen molar-refractivity contribution in [1.29, 1.82) is 0 Å². The van der Waals surface area contributed by atoms with Gasteiger partial charge in [-0.05, 0) is 22.5 Å². The average molecular weight is 210 g/mol. The molecule has 0 aliphatic carbocycles. The Morgan fingerprint density at radius 1 is 1.36 bits per heavy atom. The Kier molecular flexibility index (Phi) is 3.11. The number of hydrogen-bond acceptors (Lipinski definition) is 2. The van der Waals surface area contributed by atoms with Crippen LogP contribution in [0.4, 0.5) is 0 Å². The molecule has 0 aromatic heterocycles. The summed E-state index contributed by atoms with van der Waals surface area (Å²) in [4.78, 5) is 11.6. The van der Waals surface area contributed by atoms with Crippen LogP contribution < -0.4 is 0 Å². The fourth-order valence-corrected chi connectivity index (χ4v) is 1.78. The maximum Gasteiger partial charge on any atom is 0.193 e. The maximum atomic E-state index is 11.6. The van der Waals surface area contributed by atoms with Crippen LogP contribution in [0.25, 0.3) is 0 Å². The van der Waals surface area contributed by atoms with Gasteiger partial charge in [0.25, 0.3) is 0 Å². The Bertz CT molecular complexity index is 458. The van der Waals surface area contributed by atoms with E-state index in [9.17, 15) is 9.00 Å². The zero-order chi connectivity index (χ0) is 10.8. The second-order valence-corrected chi connectivity index (χ2v) is 6.51. The first-order chi connectivity index (χ1) is 6.38. The molecule has 0 aliphatic rings. The summed E-state index contributed by atoms with van der Waals surface area (Å²) < 4.78 is 11.4. The van der Waals surface area contributed by atoms with Crippen LogP contribution in [0.3, 0.4) is 0 Å². The van der Waals surface area contributed by atoms with Crippen molar-refractivity contribution in [2.24, 2.45) is 0 Å². The molecule has 14 heavy (non-hydrogen) atoms. The van der Waals surface area contributed by atoms with Crippen molar-refractivity contribution >= 4 is 20.7 Å². The van der Waals surface area contributed by atoms with Gasteiger partial charge in [0.1, 0.15) is 0 Å². The second kappa shape index (κ2) is 3.96. The Hall–Kier alpha value is -1.09. The van der Waals surface area contributed by atoms with E-state index >= 15 is 0 Å². The van der Waals surface area contributed by atoms with E-state index in [1.54, 1.807) is 24.6 Å². The summed E-state index contributed by atoms with van der Waals surface area (Å²) in [5, 5.41) is 1.29. The first-order valence-electron chi connectivity index (χ1n) is 4.28. The van der Waals surface area contributed by atoms with Gasteiger partial charge in [-0.15, -0.1) is 0 Å². The monoisotopic (exact) mass is 210 g/mol. The predicted molar refractivity (Wildman–Crippen MR) is 61.6 cm³/mol. The smallest absolute Gasteiger partial charge is 0.193 e. The molecule has 1 rings (SSSR count). The lowest BCUT2D eigenvalue weighted by molar-refractivity contribution is 0.107. The number of aryl methyl sites for hydroxylation is 1. The van der Waals surface area contributed by atoms with Gasteiger partial charge >= 0.3 is 0 Å². The number of ketones is 1. The van der Waals surface area contributed by atoms with Crippen molar-refractivity contribution in [3.05, 3.63) is 35.4 Å². The molecule has 0 radical (unpaired) electrons. The van der Waals surface area contributed by atoms with Gasteiger partial charge < -0.3 is 0 Å². The summed E-state index contributed by atoms with van der Waals surface area (Å²) in [5.74, 6) is -0.163. The van der Waals surface area contributed by atoms with Crippen molar-refractivity contribution in [1.82, 2.24) is 0 Å². The zero-order valence-electron chi connectivity index (χ0n) is 8.61. The number of rotatable bonds is 2. The minimum absolute atomic E-state index is 0.163. The number of benzene rings is 1. The van der Waals surface area contributed by atoms with Gasteiger partial charge in [-0.3, -0.25) is 9.00 Å². The third kappa shape index (κ3) is 3.34. The first kappa shape index (κ1) is 11.0. The highest BCUT2D eigenvalue weighted by molar-refractivity contribution is 8.01. The van der Waals surface area contributed by atoms with Crippen LogP contribution in [0.1, 0.15) is 15.9 Å². The number of carbonyl (C=O) groups excluding carboxylic acids is 1. The minimum atomic E-state index is -2.11. The molecule has 3 heteroatoms. The van der Waals surface area contributed by atoms with E-state index in [0.29, 0.717) is 5.56 Å². The summed E-state index contributed by atoms with van der Waals surface area (Å²) in [7, 11) is -2.11. The fourth-order valence-electron chi connectivity index (χ4n) is 1.12. The molecule has 0 saturated carbocycles. The Morgan fingerprint density at radius 3 is 2.50 bits per heavy atom. The van der Waals surface area contributed by atoms with E-state index in [4.69, 9.17) is 0 Å². The quantitative estimate of drug-likeness (QED) is 0.548. The number of carbonyl (C=O) groups is 1. The van der Waals surface area contributed by atoms with E-state index in [0.717, 1.165) is 5.56 Å². The molecule has 0 N–H and O–H groups in total. The van der Waals surface area contributed by atoms with Gasteiger partial charge in [0.05, 0.1) is 0 Å². The molecule has 0 atom stereocenters. The highest BCUT2D eigenvalue weighted by Gasteiger charge is 2.03.